The Morgan fingerprint density at radius 1 is 1.46 bits per heavy atom. The molecule has 0 saturated heterocycles. The van der Waals surface area contributed by atoms with Crippen molar-refractivity contribution in [2.75, 3.05) is 0 Å². The molecule has 0 aromatic rings. The lowest BCUT2D eigenvalue weighted by atomic mass is 10.1. The Bertz CT molecular complexity index is 294. The largest absolute Gasteiger partial charge is 0.321 e. The van der Waals surface area contributed by atoms with Crippen molar-refractivity contribution in [2.24, 2.45) is 16.6 Å². The van der Waals surface area contributed by atoms with Crippen LogP contribution in [0.1, 0.15) is 19.3 Å². The lowest BCUT2D eigenvalue weighted by Gasteiger charge is -2.17. The summed E-state index contributed by atoms with van der Waals surface area (Å²) in [5, 5.41) is 2.53. The van der Waals surface area contributed by atoms with Crippen LogP contribution in [-0.4, -0.2) is 23.7 Å². The molecule has 2 amide bonds. The minimum Gasteiger partial charge on any atom is -0.321 e. The number of hydrogen-bond acceptors (Lipinski definition) is 3. The molecule has 2 rings (SSSR count). The summed E-state index contributed by atoms with van der Waals surface area (Å²) < 4.78 is 0. The summed E-state index contributed by atoms with van der Waals surface area (Å²) in [6.45, 7) is 0. The highest BCUT2D eigenvalue weighted by Crippen LogP contribution is 2.32. The van der Waals surface area contributed by atoms with Gasteiger partial charge in [-0.1, -0.05) is 0 Å². The first-order chi connectivity index (χ1) is 6.16. The summed E-state index contributed by atoms with van der Waals surface area (Å²) in [5.41, 5.74) is 5.78. The van der Waals surface area contributed by atoms with Crippen LogP contribution in [0.4, 0.5) is 0 Å². The van der Waals surface area contributed by atoms with Crippen LogP contribution in [0.25, 0.3) is 0 Å². The van der Waals surface area contributed by atoms with E-state index in [1.165, 1.54) is 0 Å². The number of nitrogens with one attached hydrogen (secondary N) is 1. The molecule has 1 fully saturated rings. The van der Waals surface area contributed by atoms with E-state index in [4.69, 9.17) is 5.73 Å². The molecule has 5 heteroatoms. The highest BCUT2D eigenvalue weighted by atomic mass is 16.2. The maximum Gasteiger partial charge on any atom is 0.256 e. The number of hydrogen-bond donors (Lipinski definition) is 2. The Hall–Kier alpha value is -1.23. The lowest BCUT2D eigenvalue weighted by molar-refractivity contribution is -0.127. The Kier molecular flexibility index (Phi) is 1.88. The molecule has 70 valence electrons. The lowest BCUT2D eigenvalue weighted by Crippen LogP contribution is -2.48. The minimum atomic E-state index is -0.394. The number of rotatable bonds is 2. The van der Waals surface area contributed by atoms with Gasteiger partial charge in [-0.15, -0.1) is 0 Å². The standard InChI is InChI=1S/C8H11N3O2/c9-7(4-1-2-4)8-10-5(12)3-6(13)11-8/h4,7H,1-3,9H2,(H,10,11,12,13). The van der Waals surface area contributed by atoms with Gasteiger partial charge in [0.25, 0.3) is 5.91 Å². The second-order valence-corrected chi connectivity index (χ2v) is 3.48. The summed E-state index contributed by atoms with van der Waals surface area (Å²) >= 11 is 0. The van der Waals surface area contributed by atoms with Crippen molar-refractivity contribution < 1.29 is 9.59 Å². The molecule has 0 aromatic carbocycles. The molecule has 1 saturated carbocycles. The van der Waals surface area contributed by atoms with Crippen molar-refractivity contribution in [1.82, 2.24) is 5.32 Å². The minimum absolute atomic E-state index is 0.152. The average molecular weight is 181 g/mol. The van der Waals surface area contributed by atoms with Crippen molar-refractivity contribution in [3.63, 3.8) is 0 Å². The molecule has 2 aliphatic rings. The summed E-state index contributed by atoms with van der Waals surface area (Å²) in [5.74, 6) is 0.0506. The number of nitrogens with zero attached hydrogens (tertiary/aromatic N) is 1. The highest BCUT2D eigenvalue weighted by Gasteiger charge is 2.34. The fourth-order valence-corrected chi connectivity index (χ4v) is 1.36. The van der Waals surface area contributed by atoms with E-state index >= 15 is 0 Å². The molecule has 0 aromatic heterocycles. The topological polar surface area (TPSA) is 84.5 Å². The molecular weight excluding hydrogens is 170 g/mol. The van der Waals surface area contributed by atoms with Gasteiger partial charge in [0.1, 0.15) is 12.3 Å². The Morgan fingerprint density at radius 2 is 2.15 bits per heavy atom. The molecule has 0 spiro atoms. The Labute approximate surface area is 75.4 Å². The van der Waals surface area contributed by atoms with Gasteiger partial charge in [-0.3, -0.25) is 9.59 Å². The van der Waals surface area contributed by atoms with Crippen LogP contribution in [0.2, 0.25) is 0 Å². The maximum absolute atomic E-state index is 11.0. The zero-order valence-electron chi connectivity index (χ0n) is 7.12. The zero-order valence-corrected chi connectivity index (χ0v) is 7.12. The molecule has 1 atom stereocenters. The molecule has 1 aliphatic carbocycles. The third-order valence-corrected chi connectivity index (χ3v) is 2.27. The predicted molar refractivity (Wildman–Crippen MR) is 45.9 cm³/mol. The van der Waals surface area contributed by atoms with Crippen LogP contribution in [0.15, 0.2) is 4.99 Å². The number of amides is 2. The molecule has 0 bridgehead atoms. The van der Waals surface area contributed by atoms with Gasteiger partial charge in [0.2, 0.25) is 5.91 Å². The van der Waals surface area contributed by atoms with Gasteiger partial charge in [-0.05, 0) is 18.8 Å². The van der Waals surface area contributed by atoms with Crippen molar-refractivity contribution in [3.8, 4) is 0 Å². The number of carbonyl (C=O) groups excluding carboxylic acids is 2. The average Bonchev–Trinajstić information content (AvgIpc) is 2.83. The van der Waals surface area contributed by atoms with Gasteiger partial charge >= 0.3 is 0 Å². The van der Waals surface area contributed by atoms with Crippen molar-refractivity contribution in [2.45, 2.75) is 25.3 Å². The van der Waals surface area contributed by atoms with Gasteiger partial charge in [0.05, 0.1) is 6.04 Å². The Balaban J connectivity index is 2.12. The number of amidine groups is 1. The van der Waals surface area contributed by atoms with E-state index in [0.29, 0.717) is 11.8 Å². The molecule has 13 heavy (non-hydrogen) atoms. The van der Waals surface area contributed by atoms with Crippen molar-refractivity contribution in [1.29, 1.82) is 0 Å². The number of carbonyl (C=O) groups is 2. The van der Waals surface area contributed by atoms with E-state index < -0.39 is 5.91 Å². The first-order valence-corrected chi connectivity index (χ1v) is 4.33. The first-order valence-electron chi connectivity index (χ1n) is 4.33. The van der Waals surface area contributed by atoms with E-state index in [1.54, 1.807) is 0 Å². The SMILES string of the molecule is NC(C1=NC(=O)CC(=O)N1)C1CC1. The molecule has 1 aliphatic heterocycles. The number of nitrogens with two attached hydrogens (primary N) is 1. The van der Waals surface area contributed by atoms with E-state index in [9.17, 15) is 9.59 Å². The summed E-state index contributed by atoms with van der Waals surface area (Å²) in [6, 6.07) is -0.270. The van der Waals surface area contributed by atoms with Crippen molar-refractivity contribution >= 4 is 17.6 Å². The van der Waals surface area contributed by atoms with Gasteiger partial charge in [0, 0.05) is 0 Å². The summed E-state index contributed by atoms with van der Waals surface area (Å²) in [7, 11) is 0. The van der Waals surface area contributed by atoms with Crippen LogP contribution in [0.5, 0.6) is 0 Å². The molecular formula is C8H11N3O2. The number of aliphatic imine (C=N–C) groups is 1. The maximum atomic E-state index is 11.0. The summed E-state index contributed by atoms with van der Waals surface area (Å²) in [4.78, 5) is 25.6. The quantitative estimate of drug-likeness (QED) is 0.545. The first kappa shape index (κ1) is 8.37. The van der Waals surface area contributed by atoms with Gasteiger partial charge in [-0.25, -0.2) is 0 Å². The highest BCUT2D eigenvalue weighted by molar-refractivity contribution is 6.15. The second kappa shape index (κ2) is 2.92. The van der Waals surface area contributed by atoms with Crippen LogP contribution >= 0.6 is 0 Å². The molecule has 1 heterocycles. The third-order valence-electron chi connectivity index (χ3n) is 2.27. The normalized spacial score (nSPS) is 25.2. The fraction of sp³-hybridized carbons (Fsp3) is 0.625. The van der Waals surface area contributed by atoms with E-state index in [-0.39, 0.29) is 18.4 Å². The monoisotopic (exact) mass is 181 g/mol. The van der Waals surface area contributed by atoms with E-state index in [2.05, 4.69) is 10.3 Å². The van der Waals surface area contributed by atoms with E-state index in [0.717, 1.165) is 12.8 Å². The van der Waals surface area contributed by atoms with Crippen LogP contribution in [0.3, 0.4) is 0 Å². The van der Waals surface area contributed by atoms with Crippen molar-refractivity contribution in [3.05, 3.63) is 0 Å². The molecule has 0 radical (unpaired) electrons. The van der Waals surface area contributed by atoms with Crippen LogP contribution in [0, 0.1) is 5.92 Å². The van der Waals surface area contributed by atoms with Gasteiger partial charge in [-0.2, -0.15) is 4.99 Å². The molecule has 5 nitrogen and oxygen atoms in total. The van der Waals surface area contributed by atoms with Gasteiger partial charge < -0.3 is 11.1 Å². The molecule has 1 unspecified atom stereocenters. The fourth-order valence-electron chi connectivity index (χ4n) is 1.36. The zero-order chi connectivity index (χ0) is 9.42. The Morgan fingerprint density at radius 3 is 2.69 bits per heavy atom. The van der Waals surface area contributed by atoms with E-state index in [1.807, 2.05) is 0 Å². The van der Waals surface area contributed by atoms with Gasteiger partial charge in [0.15, 0.2) is 0 Å². The van der Waals surface area contributed by atoms with Crippen LogP contribution < -0.4 is 11.1 Å². The smallest absolute Gasteiger partial charge is 0.256 e. The summed E-state index contributed by atoms with van der Waals surface area (Å²) in [6.07, 6.45) is 1.97. The second-order valence-electron chi connectivity index (χ2n) is 3.48. The molecule has 3 N–H and O–H groups in total. The predicted octanol–water partition coefficient (Wildman–Crippen LogP) is -0.831. The van der Waals surface area contributed by atoms with Crippen LogP contribution in [-0.2, 0) is 9.59 Å². The third kappa shape index (κ3) is 1.75.